The number of ketones is 1. The zero-order valence-electron chi connectivity index (χ0n) is 13.0. The van der Waals surface area contributed by atoms with E-state index in [4.69, 9.17) is 6.42 Å². The minimum atomic E-state index is -0.202. The Bertz CT molecular complexity index is 600. The molecule has 1 heteroatoms. The van der Waals surface area contributed by atoms with Crippen molar-refractivity contribution in [1.82, 2.24) is 0 Å². The maximum atomic E-state index is 12.0. The summed E-state index contributed by atoms with van der Waals surface area (Å²) in [6.45, 7) is 2.52. The van der Waals surface area contributed by atoms with Crippen molar-refractivity contribution < 1.29 is 4.79 Å². The first-order valence-corrected chi connectivity index (χ1v) is 8.55. The van der Waals surface area contributed by atoms with Crippen LogP contribution in [-0.2, 0) is 4.79 Å². The first-order chi connectivity index (χ1) is 10.1. The molecule has 4 rings (SSSR count). The summed E-state index contributed by atoms with van der Waals surface area (Å²) in [6.07, 6.45) is 17.4. The second-order valence-corrected chi connectivity index (χ2v) is 7.80. The monoisotopic (exact) mass is 280 g/mol. The average Bonchev–Trinajstić information content (AvgIpc) is 2.88. The van der Waals surface area contributed by atoms with Gasteiger partial charge in [-0.05, 0) is 79.4 Å². The largest absolute Gasteiger partial charge is 0.293 e. The second kappa shape index (κ2) is 4.60. The summed E-state index contributed by atoms with van der Waals surface area (Å²) < 4.78 is 0. The van der Waals surface area contributed by atoms with Gasteiger partial charge >= 0.3 is 0 Å². The van der Waals surface area contributed by atoms with Crippen LogP contribution < -0.4 is 0 Å². The number of terminal acetylenes is 1. The summed E-state index contributed by atoms with van der Waals surface area (Å²) in [5, 5.41) is 0. The zero-order chi connectivity index (χ0) is 14.6. The van der Waals surface area contributed by atoms with Crippen LogP contribution in [0.25, 0.3) is 0 Å². The first-order valence-electron chi connectivity index (χ1n) is 8.55. The molecule has 0 aliphatic heterocycles. The molecule has 0 bridgehead atoms. The van der Waals surface area contributed by atoms with Crippen molar-refractivity contribution in [3.8, 4) is 12.3 Å². The van der Waals surface area contributed by atoms with Gasteiger partial charge in [-0.3, -0.25) is 4.79 Å². The van der Waals surface area contributed by atoms with E-state index in [1.807, 2.05) is 6.08 Å². The highest BCUT2D eigenvalue weighted by atomic mass is 16.1. The van der Waals surface area contributed by atoms with E-state index < -0.39 is 0 Å². The molecule has 0 aromatic rings. The number of carbonyl (C=O) groups is 1. The molecule has 1 nitrogen and oxygen atoms in total. The van der Waals surface area contributed by atoms with Crippen molar-refractivity contribution in [2.75, 3.05) is 0 Å². The quantitative estimate of drug-likeness (QED) is 0.599. The van der Waals surface area contributed by atoms with Gasteiger partial charge in [0.2, 0.25) is 0 Å². The van der Waals surface area contributed by atoms with Gasteiger partial charge in [0.05, 0.1) is 5.92 Å². The molecular weight excluding hydrogens is 256 g/mol. The second-order valence-electron chi connectivity index (χ2n) is 7.80. The van der Waals surface area contributed by atoms with Crippen LogP contribution in [0.3, 0.4) is 0 Å². The van der Waals surface area contributed by atoms with Crippen molar-refractivity contribution >= 4 is 5.78 Å². The maximum Gasteiger partial charge on any atom is 0.171 e. The fourth-order valence-corrected chi connectivity index (χ4v) is 5.66. The standard InChI is InChI=1S/C20H24O/c1-3-13-11-17-14(12-19(13)21)6-7-16-15(17)8-10-20(2)9-4-5-18(16)20/h1,12-13,16,18H,4-11H2,2H3/t13?,16-,18+,20+/m1/s1. The van der Waals surface area contributed by atoms with Crippen LogP contribution in [0.2, 0.25) is 0 Å². The molecule has 0 spiro atoms. The van der Waals surface area contributed by atoms with Gasteiger partial charge in [-0.2, -0.15) is 0 Å². The Balaban J connectivity index is 1.75. The van der Waals surface area contributed by atoms with Crippen LogP contribution in [0, 0.1) is 35.5 Å². The zero-order valence-corrected chi connectivity index (χ0v) is 13.0. The Kier molecular flexibility index (Phi) is 2.93. The van der Waals surface area contributed by atoms with Gasteiger partial charge in [0, 0.05) is 0 Å². The van der Waals surface area contributed by atoms with Crippen molar-refractivity contribution in [1.29, 1.82) is 0 Å². The van der Waals surface area contributed by atoms with E-state index in [9.17, 15) is 4.79 Å². The third-order valence-corrected chi connectivity index (χ3v) is 6.83. The lowest BCUT2D eigenvalue weighted by Crippen LogP contribution is -2.37. The van der Waals surface area contributed by atoms with Gasteiger partial charge in [0.15, 0.2) is 5.78 Å². The molecule has 0 N–H and O–H groups in total. The van der Waals surface area contributed by atoms with Gasteiger partial charge in [0.1, 0.15) is 0 Å². The average molecular weight is 280 g/mol. The van der Waals surface area contributed by atoms with Gasteiger partial charge in [-0.25, -0.2) is 0 Å². The molecule has 1 unspecified atom stereocenters. The van der Waals surface area contributed by atoms with Crippen LogP contribution in [0.4, 0.5) is 0 Å². The Morgan fingerprint density at radius 3 is 2.95 bits per heavy atom. The highest BCUT2D eigenvalue weighted by molar-refractivity contribution is 5.97. The van der Waals surface area contributed by atoms with Crippen LogP contribution in [0.15, 0.2) is 22.8 Å². The molecule has 2 fully saturated rings. The minimum Gasteiger partial charge on any atom is -0.293 e. The Hall–Kier alpha value is -1.29. The van der Waals surface area contributed by atoms with E-state index in [0.29, 0.717) is 5.41 Å². The molecular formula is C20H24O. The SMILES string of the molecule is C#CC1CC2=C3CC[C@]4(C)CCC[C@H]4[C@@H]3CCC2=CC1=O. The topological polar surface area (TPSA) is 17.1 Å². The molecule has 2 saturated carbocycles. The molecule has 0 saturated heterocycles. The van der Waals surface area contributed by atoms with Gasteiger partial charge < -0.3 is 0 Å². The third-order valence-electron chi connectivity index (χ3n) is 6.83. The molecule has 0 aromatic carbocycles. The van der Waals surface area contributed by atoms with Crippen molar-refractivity contribution in [2.45, 2.75) is 58.3 Å². The van der Waals surface area contributed by atoms with E-state index in [2.05, 4.69) is 12.8 Å². The Labute approximate surface area is 127 Å². The lowest BCUT2D eigenvalue weighted by atomic mass is 9.57. The fourth-order valence-electron chi connectivity index (χ4n) is 5.66. The number of hydrogen-bond acceptors (Lipinski definition) is 1. The molecule has 110 valence electrons. The first kappa shape index (κ1) is 13.4. The lowest BCUT2D eigenvalue weighted by molar-refractivity contribution is -0.116. The number of hydrogen-bond donors (Lipinski definition) is 0. The summed E-state index contributed by atoms with van der Waals surface area (Å²) in [4.78, 5) is 12.0. The van der Waals surface area contributed by atoms with E-state index in [1.54, 1.807) is 5.57 Å². The van der Waals surface area contributed by atoms with Gasteiger partial charge in [0.25, 0.3) is 0 Å². The van der Waals surface area contributed by atoms with Crippen LogP contribution in [-0.4, -0.2) is 5.78 Å². The maximum absolute atomic E-state index is 12.0. The number of allylic oxidation sites excluding steroid dienone is 4. The van der Waals surface area contributed by atoms with Crippen LogP contribution >= 0.6 is 0 Å². The predicted molar refractivity (Wildman–Crippen MR) is 84.5 cm³/mol. The minimum absolute atomic E-state index is 0.164. The van der Waals surface area contributed by atoms with E-state index in [0.717, 1.165) is 24.7 Å². The van der Waals surface area contributed by atoms with Crippen LogP contribution in [0.5, 0.6) is 0 Å². The van der Waals surface area contributed by atoms with E-state index >= 15 is 0 Å². The molecule has 0 heterocycles. The summed E-state index contributed by atoms with van der Waals surface area (Å²) in [5.41, 5.74) is 5.08. The molecule has 4 atom stereocenters. The van der Waals surface area contributed by atoms with Crippen LogP contribution in [0.1, 0.15) is 58.3 Å². The Morgan fingerprint density at radius 1 is 1.29 bits per heavy atom. The highest BCUT2D eigenvalue weighted by Crippen LogP contribution is 2.60. The van der Waals surface area contributed by atoms with Crippen molar-refractivity contribution in [3.05, 3.63) is 22.8 Å². The highest BCUT2D eigenvalue weighted by Gasteiger charge is 2.48. The summed E-state index contributed by atoms with van der Waals surface area (Å²) in [6, 6.07) is 0. The Morgan fingerprint density at radius 2 is 2.14 bits per heavy atom. The number of rotatable bonds is 0. The van der Waals surface area contributed by atoms with Crippen molar-refractivity contribution in [3.63, 3.8) is 0 Å². The van der Waals surface area contributed by atoms with Gasteiger partial charge in [-0.1, -0.05) is 24.8 Å². The molecule has 0 amide bonds. The molecule has 4 aliphatic rings. The molecule has 0 radical (unpaired) electrons. The summed E-state index contributed by atoms with van der Waals surface area (Å²) >= 11 is 0. The van der Waals surface area contributed by atoms with E-state index in [1.165, 1.54) is 49.7 Å². The molecule has 21 heavy (non-hydrogen) atoms. The summed E-state index contributed by atoms with van der Waals surface area (Å²) in [7, 11) is 0. The lowest BCUT2D eigenvalue weighted by Gasteiger charge is -2.47. The smallest absolute Gasteiger partial charge is 0.171 e. The number of fused-ring (bicyclic) bond motifs is 4. The summed E-state index contributed by atoms with van der Waals surface area (Å²) in [5.74, 6) is 4.34. The molecule has 0 aromatic heterocycles. The van der Waals surface area contributed by atoms with E-state index in [-0.39, 0.29) is 11.7 Å². The third kappa shape index (κ3) is 1.88. The van der Waals surface area contributed by atoms with Crippen molar-refractivity contribution in [2.24, 2.45) is 23.2 Å². The predicted octanol–water partition coefficient (Wildman–Crippen LogP) is 4.44. The fraction of sp³-hybridized carbons (Fsp3) is 0.650. The normalized spacial score (nSPS) is 41.8. The number of carbonyl (C=O) groups excluding carboxylic acids is 1. The van der Waals surface area contributed by atoms with Gasteiger partial charge in [-0.15, -0.1) is 6.42 Å². The molecule has 4 aliphatic carbocycles.